The number of benzene rings is 2. The smallest absolute Gasteiger partial charge is 0.335 e. The van der Waals surface area contributed by atoms with E-state index in [1.165, 1.54) is 45.2 Å². The summed E-state index contributed by atoms with van der Waals surface area (Å²) in [6, 6.07) is 9.78. The number of hydrogen-bond donors (Lipinski definition) is 1. The molecule has 162 valence electrons. The molecule has 1 N–H and O–H groups in total. The molecular formula is C22H22N2O6S. The number of aliphatic imine (C=N–C) groups is 1. The van der Waals surface area contributed by atoms with E-state index in [4.69, 9.17) is 14.2 Å². The Balaban J connectivity index is 1.99. The average Bonchev–Trinajstić information content (AvgIpc) is 3.06. The third-order valence-electron chi connectivity index (χ3n) is 4.51. The highest BCUT2D eigenvalue weighted by molar-refractivity contribution is 8.18. The minimum atomic E-state index is -1.03. The second kappa shape index (κ2) is 9.57. The standard InChI is InChI=1S/C22H22N2O6S/c1-5-24-20(25)18(11-13-9-16(28-2)19(30-4)17(10-13)29-3)31-22(24)23-15-8-6-7-14(12-15)21(26)27/h6-12H,5H2,1-4H3,(H,26,27)/b18-11-,23-22?. The van der Waals surface area contributed by atoms with Crippen molar-refractivity contribution in [2.75, 3.05) is 27.9 Å². The van der Waals surface area contributed by atoms with Crippen LogP contribution < -0.4 is 14.2 Å². The summed E-state index contributed by atoms with van der Waals surface area (Å²) in [7, 11) is 4.58. The predicted octanol–water partition coefficient (Wildman–Crippen LogP) is 4.03. The number of thioether (sulfide) groups is 1. The van der Waals surface area contributed by atoms with E-state index in [0.717, 1.165) is 0 Å². The molecule has 0 atom stereocenters. The van der Waals surface area contributed by atoms with Crippen molar-refractivity contribution in [3.05, 3.63) is 52.4 Å². The third-order valence-corrected chi connectivity index (χ3v) is 5.51. The monoisotopic (exact) mass is 442 g/mol. The van der Waals surface area contributed by atoms with Crippen molar-refractivity contribution in [3.8, 4) is 17.2 Å². The van der Waals surface area contributed by atoms with E-state index in [1.54, 1.807) is 35.2 Å². The molecule has 3 rings (SSSR count). The van der Waals surface area contributed by atoms with E-state index in [9.17, 15) is 14.7 Å². The lowest BCUT2D eigenvalue weighted by Gasteiger charge is -2.13. The normalized spacial score (nSPS) is 16.1. The minimum absolute atomic E-state index is 0.132. The van der Waals surface area contributed by atoms with Crippen LogP contribution in [0.25, 0.3) is 6.08 Å². The molecule has 2 aromatic carbocycles. The largest absolute Gasteiger partial charge is 0.493 e. The number of nitrogens with zero attached hydrogens (tertiary/aromatic N) is 2. The summed E-state index contributed by atoms with van der Waals surface area (Å²) in [6.07, 6.45) is 1.73. The van der Waals surface area contributed by atoms with Crippen LogP contribution in [0.5, 0.6) is 17.2 Å². The highest BCUT2D eigenvalue weighted by Gasteiger charge is 2.32. The van der Waals surface area contributed by atoms with Gasteiger partial charge < -0.3 is 19.3 Å². The summed E-state index contributed by atoms with van der Waals surface area (Å²) in [5.41, 5.74) is 1.30. The first-order valence-electron chi connectivity index (χ1n) is 9.35. The second-order valence-electron chi connectivity index (χ2n) is 6.37. The number of amides is 1. The van der Waals surface area contributed by atoms with Crippen LogP contribution in [-0.2, 0) is 4.79 Å². The third kappa shape index (κ3) is 4.66. The first kappa shape index (κ1) is 22.2. The minimum Gasteiger partial charge on any atom is -0.493 e. The van der Waals surface area contributed by atoms with Crippen LogP contribution in [0.1, 0.15) is 22.8 Å². The van der Waals surface area contributed by atoms with Gasteiger partial charge in [0.1, 0.15) is 0 Å². The molecular weight excluding hydrogens is 420 g/mol. The number of carbonyl (C=O) groups excluding carboxylic acids is 1. The van der Waals surface area contributed by atoms with Gasteiger partial charge in [-0.3, -0.25) is 9.69 Å². The fourth-order valence-electron chi connectivity index (χ4n) is 3.03. The fraction of sp³-hybridized carbons (Fsp3) is 0.227. The van der Waals surface area contributed by atoms with Crippen LogP contribution in [0.2, 0.25) is 0 Å². The number of carboxylic acids is 1. The van der Waals surface area contributed by atoms with Crippen molar-refractivity contribution in [1.82, 2.24) is 4.90 Å². The van der Waals surface area contributed by atoms with Gasteiger partial charge in [-0.15, -0.1) is 0 Å². The van der Waals surface area contributed by atoms with Gasteiger partial charge in [-0.2, -0.15) is 0 Å². The molecule has 0 spiro atoms. The van der Waals surface area contributed by atoms with Crippen LogP contribution in [0.15, 0.2) is 46.3 Å². The number of ether oxygens (including phenoxy) is 3. The number of amidine groups is 1. The SMILES string of the molecule is CCN1C(=O)/C(=C/c2cc(OC)c(OC)c(OC)c2)SC1=Nc1cccc(C(=O)O)c1. The van der Waals surface area contributed by atoms with Gasteiger partial charge >= 0.3 is 5.97 Å². The molecule has 0 unspecified atom stereocenters. The molecule has 0 bridgehead atoms. The zero-order valence-electron chi connectivity index (χ0n) is 17.5. The molecule has 2 aromatic rings. The molecule has 0 aromatic heterocycles. The lowest BCUT2D eigenvalue weighted by atomic mass is 10.1. The van der Waals surface area contributed by atoms with Gasteiger partial charge in [0.2, 0.25) is 5.75 Å². The predicted molar refractivity (Wildman–Crippen MR) is 120 cm³/mol. The maximum absolute atomic E-state index is 12.9. The number of carboxylic acid groups (broad SMARTS) is 1. The molecule has 31 heavy (non-hydrogen) atoms. The first-order chi connectivity index (χ1) is 14.9. The summed E-state index contributed by atoms with van der Waals surface area (Å²) >= 11 is 1.22. The van der Waals surface area contributed by atoms with E-state index < -0.39 is 5.97 Å². The summed E-state index contributed by atoms with van der Waals surface area (Å²) in [4.78, 5) is 30.7. The van der Waals surface area contributed by atoms with Gasteiger partial charge in [0, 0.05) is 6.54 Å². The van der Waals surface area contributed by atoms with Gasteiger partial charge in [0.25, 0.3) is 5.91 Å². The van der Waals surface area contributed by atoms with E-state index >= 15 is 0 Å². The fourth-order valence-corrected chi connectivity index (χ4v) is 4.09. The lowest BCUT2D eigenvalue weighted by Crippen LogP contribution is -2.28. The number of carbonyl (C=O) groups is 2. The van der Waals surface area contributed by atoms with Crippen molar-refractivity contribution < 1.29 is 28.9 Å². The average molecular weight is 442 g/mol. The second-order valence-corrected chi connectivity index (χ2v) is 7.38. The summed E-state index contributed by atoms with van der Waals surface area (Å²) in [5.74, 6) is 0.210. The maximum Gasteiger partial charge on any atom is 0.335 e. The number of rotatable bonds is 7. The molecule has 1 saturated heterocycles. The molecule has 1 amide bonds. The quantitative estimate of drug-likeness (QED) is 0.647. The van der Waals surface area contributed by atoms with Crippen LogP contribution in [0, 0.1) is 0 Å². The molecule has 1 aliphatic rings. The van der Waals surface area contributed by atoms with Crippen molar-refractivity contribution in [1.29, 1.82) is 0 Å². The van der Waals surface area contributed by atoms with Gasteiger partial charge in [0.05, 0.1) is 37.5 Å². The molecule has 1 aliphatic heterocycles. The Labute approximate surface area is 184 Å². The molecule has 1 heterocycles. The number of likely N-dealkylation sites (N-methyl/N-ethyl adjacent to an activating group) is 1. The van der Waals surface area contributed by atoms with Crippen LogP contribution in [0.4, 0.5) is 5.69 Å². The lowest BCUT2D eigenvalue weighted by molar-refractivity contribution is -0.122. The van der Waals surface area contributed by atoms with E-state index in [1.807, 2.05) is 6.92 Å². The zero-order valence-corrected chi connectivity index (χ0v) is 18.4. The Morgan fingerprint density at radius 1 is 1.13 bits per heavy atom. The van der Waals surface area contributed by atoms with Gasteiger partial charge in [-0.25, -0.2) is 9.79 Å². The molecule has 0 aliphatic carbocycles. The van der Waals surface area contributed by atoms with Crippen LogP contribution in [-0.4, -0.2) is 54.9 Å². The van der Waals surface area contributed by atoms with E-state index in [-0.39, 0.29) is 11.5 Å². The zero-order chi connectivity index (χ0) is 22.5. The number of methoxy groups -OCH3 is 3. The van der Waals surface area contributed by atoms with Crippen molar-refractivity contribution in [2.24, 2.45) is 4.99 Å². The maximum atomic E-state index is 12.9. The van der Waals surface area contributed by atoms with Crippen molar-refractivity contribution >= 4 is 40.6 Å². The molecule has 1 fully saturated rings. The first-order valence-corrected chi connectivity index (χ1v) is 10.2. The molecule has 8 nitrogen and oxygen atoms in total. The van der Waals surface area contributed by atoms with E-state index in [2.05, 4.69) is 4.99 Å². The van der Waals surface area contributed by atoms with Gasteiger partial charge in [-0.05, 0) is 60.7 Å². The number of aromatic carboxylic acids is 1. The Morgan fingerprint density at radius 2 is 1.81 bits per heavy atom. The van der Waals surface area contributed by atoms with Crippen molar-refractivity contribution in [3.63, 3.8) is 0 Å². The number of hydrogen-bond acceptors (Lipinski definition) is 7. The Morgan fingerprint density at radius 3 is 2.35 bits per heavy atom. The summed E-state index contributed by atoms with van der Waals surface area (Å²) in [6.45, 7) is 2.28. The van der Waals surface area contributed by atoms with Crippen LogP contribution in [0.3, 0.4) is 0 Å². The van der Waals surface area contributed by atoms with Gasteiger partial charge in [-0.1, -0.05) is 6.07 Å². The molecule has 9 heteroatoms. The van der Waals surface area contributed by atoms with E-state index in [0.29, 0.717) is 45.1 Å². The van der Waals surface area contributed by atoms with Gasteiger partial charge in [0.15, 0.2) is 16.7 Å². The highest BCUT2D eigenvalue weighted by atomic mass is 32.2. The Bertz CT molecular complexity index is 1050. The summed E-state index contributed by atoms with van der Waals surface area (Å²) in [5, 5.41) is 9.66. The van der Waals surface area contributed by atoms with Crippen LogP contribution >= 0.6 is 11.8 Å². The molecule has 0 saturated carbocycles. The molecule has 0 radical (unpaired) electrons. The van der Waals surface area contributed by atoms with Crippen molar-refractivity contribution in [2.45, 2.75) is 6.92 Å². The highest BCUT2D eigenvalue weighted by Crippen LogP contribution is 2.40. The Kier molecular flexibility index (Phi) is 6.86. The Hall–Kier alpha value is -3.46. The topological polar surface area (TPSA) is 97.7 Å². The summed E-state index contributed by atoms with van der Waals surface area (Å²) < 4.78 is 16.1.